The van der Waals surface area contributed by atoms with Crippen molar-refractivity contribution in [2.45, 2.75) is 33.2 Å². The van der Waals surface area contributed by atoms with Crippen LogP contribution in [0, 0.1) is 5.92 Å². The van der Waals surface area contributed by atoms with E-state index in [0.29, 0.717) is 17.8 Å². The SMILES string of the molecule is CCC(=O)Nc1ccc(NC(=O)[C@H](N)C(C)C)cc1. The highest BCUT2D eigenvalue weighted by Gasteiger charge is 2.16. The Labute approximate surface area is 113 Å². The minimum atomic E-state index is -0.528. The molecule has 0 aromatic heterocycles. The molecule has 1 aromatic carbocycles. The number of anilines is 2. The van der Waals surface area contributed by atoms with E-state index < -0.39 is 6.04 Å². The Hall–Kier alpha value is -1.88. The highest BCUT2D eigenvalue weighted by Crippen LogP contribution is 2.14. The van der Waals surface area contributed by atoms with E-state index in [0.717, 1.165) is 0 Å². The summed E-state index contributed by atoms with van der Waals surface area (Å²) >= 11 is 0. The van der Waals surface area contributed by atoms with Gasteiger partial charge in [-0.25, -0.2) is 0 Å². The average Bonchev–Trinajstić information content (AvgIpc) is 2.39. The van der Waals surface area contributed by atoms with Crippen molar-refractivity contribution in [3.05, 3.63) is 24.3 Å². The maximum atomic E-state index is 11.8. The number of benzene rings is 1. The third-order valence-electron chi connectivity index (χ3n) is 2.78. The maximum Gasteiger partial charge on any atom is 0.241 e. The first-order chi connectivity index (χ1) is 8.93. The quantitative estimate of drug-likeness (QED) is 0.759. The second-order valence-corrected chi connectivity index (χ2v) is 4.74. The van der Waals surface area contributed by atoms with Crippen LogP contribution in [0.3, 0.4) is 0 Å². The van der Waals surface area contributed by atoms with Crippen LogP contribution in [-0.2, 0) is 9.59 Å². The average molecular weight is 263 g/mol. The minimum Gasteiger partial charge on any atom is -0.326 e. The van der Waals surface area contributed by atoms with Gasteiger partial charge < -0.3 is 16.4 Å². The molecule has 0 unspecified atom stereocenters. The highest BCUT2D eigenvalue weighted by atomic mass is 16.2. The minimum absolute atomic E-state index is 0.0429. The van der Waals surface area contributed by atoms with Crippen molar-refractivity contribution in [2.24, 2.45) is 11.7 Å². The zero-order valence-electron chi connectivity index (χ0n) is 11.6. The topological polar surface area (TPSA) is 84.2 Å². The molecule has 5 nitrogen and oxygen atoms in total. The van der Waals surface area contributed by atoms with Crippen LogP contribution in [0.1, 0.15) is 27.2 Å². The molecular weight excluding hydrogens is 242 g/mol. The predicted molar refractivity (Wildman–Crippen MR) is 76.8 cm³/mol. The Morgan fingerprint density at radius 3 is 2.00 bits per heavy atom. The lowest BCUT2D eigenvalue weighted by molar-refractivity contribution is -0.118. The Morgan fingerprint density at radius 2 is 1.58 bits per heavy atom. The third kappa shape index (κ3) is 4.71. The third-order valence-corrected chi connectivity index (χ3v) is 2.78. The van der Waals surface area contributed by atoms with E-state index in [2.05, 4.69) is 10.6 Å². The summed E-state index contributed by atoms with van der Waals surface area (Å²) in [6.45, 7) is 5.58. The molecule has 1 aromatic rings. The molecule has 5 heteroatoms. The Morgan fingerprint density at radius 1 is 1.11 bits per heavy atom. The second-order valence-electron chi connectivity index (χ2n) is 4.74. The number of carbonyl (C=O) groups excluding carboxylic acids is 2. The molecule has 0 bridgehead atoms. The van der Waals surface area contributed by atoms with Gasteiger partial charge in [0.05, 0.1) is 6.04 Å². The van der Waals surface area contributed by atoms with Crippen LogP contribution in [0.4, 0.5) is 11.4 Å². The normalized spacial score (nSPS) is 12.1. The number of carbonyl (C=O) groups is 2. The molecule has 0 radical (unpaired) electrons. The van der Waals surface area contributed by atoms with Crippen molar-refractivity contribution >= 4 is 23.2 Å². The largest absolute Gasteiger partial charge is 0.326 e. The van der Waals surface area contributed by atoms with E-state index in [1.54, 1.807) is 31.2 Å². The Balaban J connectivity index is 2.62. The summed E-state index contributed by atoms with van der Waals surface area (Å²) in [5.41, 5.74) is 7.12. The highest BCUT2D eigenvalue weighted by molar-refractivity contribution is 5.95. The van der Waals surface area contributed by atoms with Gasteiger partial charge in [0.15, 0.2) is 0 Å². The van der Waals surface area contributed by atoms with Crippen molar-refractivity contribution in [2.75, 3.05) is 10.6 Å². The molecule has 0 saturated heterocycles. The van der Waals surface area contributed by atoms with E-state index in [-0.39, 0.29) is 17.7 Å². The molecule has 0 aliphatic rings. The summed E-state index contributed by atoms with van der Waals surface area (Å²) in [4.78, 5) is 23.0. The number of nitrogens with two attached hydrogens (primary N) is 1. The number of hydrogen-bond donors (Lipinski definition) is 3. The predicted octanol–water partition coefficient (Wildman–Crippen LogP) is 1.96. The monoisotopic (exact) mass is 263 g/mol. The molecule has 0 fully saturated rings. The van der Waals surface area contributed by atoms with Gasteiger partial charge in [0.25, 0.3) is 0 Å². The van der Waals surface area contributed by atoms with Crippen LogP contribution in [0.15, 0.2) is 24.3 Å². The van der Waals surface area contributed by atoms with Crippen molar-refractivity contribution in [1.29, 1.82) is 0 Å². The van der Waals surface area contributed by atoms with E-state index in [1.807, 2.05) is 13.8 Å². The number of hydrogen-bond acceptors (Lipinski definition) is 3. The fourth-order valence-electron chi connectivity index (χ4n) is 1.41. The molecule has 1 atom stereocenters. The lowest BCUT2D eigenvalue weighted by Gasteiger charge is -2.15. The van der Waals surface area contributed by atoms with Crippen molar-refractivity contribution < 1.29 is 9.59 Å². The van der Waals surface area contributed by atoms with Gasteiger partial charge in [-0.05, 0) is 30.2 Å². The Bertz CT molecular complexity index is 441. The molecule has 1 rings (SSSR count). The van der Waals surface area contributed by atoms with Crippen LogP contribution in [0.2, 0.25) is 0 Å². The number of rotatable bonds is 5. The smallest absolute Gasteiger partial charge is 0.241 e. The molecular formula is C14H21N3O2. The zero-order valence-corrected chi connectivity index (χ0v) is 11.6. The van der Waals surface area contributed by atoms with Gasteiger partial charge in [0.2, 0.25) is 11.8 Å². The lowest BCUT2D eigenvalue weighted by Crippen LogP contribution is -2.39. The van der Waals surface area contributed by atoms with E-state index in [1.165, 1.54) is 0 Å². The summed E-state index contributed by atoms with van der Waals surface area (Å²) in [6.07, 6.45) is 0.432. The summed E-state index contributed by atoms with van der Waals surface area (Å²) in [7, 11) is 0. The molecule has 0 aliphatic heterocycles. The standard InChI is InChI=1S/C14H21N3O2/c1-4-12(18)16-10-5-7-11(8-6-10)17-14(19)13(15)9(2)3/h5-9,13H,4,15H2,1-3H3,(H,16,18)(H,17,19)/t13-/m1/s1. The molecule has 104 valence electrons. The maximum absolute atomic E-state index is 11.8. The van der Waals surface area contributed by atoms with Gasteiger partial charge in [0, 0.05) is 17.8 Å². The van der Waals surface area contributed by atoms with Gasteiger partial charge in [-0.1, -0.05) is 20.8 Å². The van der Waals surface area contributed by atoms with Gasteiger partial charge in [-0.3, -0.25) is 9.59 Å². The van der Waals surface area contributed by atoms with Gasteiger partial charge in [-0.2, -0.15) is 0 Å². The lowest BCUT2D eigenvalue weighted by atomic mass is 10.0. The fraction of sp³-hybridized carbons (Fsp3) is 0.429. The second kappa shape index (κ2) is 6.89. The summed E-state index contributed by atoms with van der Waals surface area (Å²) in [5, 5.41) is 5.48. The van der Waals surface area contributed by atoms with Crippen LogP contribution >= 0.6 is 0 Å². The van der Waals surface area contributed by atoms with Gasteiger partial charge in [0.1, 0.15) is 0 Å². The van der Waals surface area contributed by atoms with Gasteiger partial charge >= 0.3 is 0 Å². The molecule has 19 heavy (non-hydrogen) atoms. The van der Waals surface area contributed by atoms with E-state index >= 15 is 0 Å². The summed E-state index contributed by atoms with van der Waals surface area (Å²) < 4.78 is 0. The van der Waals surface area contributed by atoms with Crippen LogP contribution in [0.5, 0.6) is 0 Å². The van der Waals surface area contributed by atoms with E-state index in [4.69, 9.17) is 5.73 Å². The number of nitrogens with one attached hydrogen (secondary N) is 2. The molecule has 4 N–H and O–H groups in total. The molecule has 0 spiro atoms. The molecule has 0 heterocycles. The molecule has 0 saturated carbocycles. The van der Waals surface area contributed by atoms with Crippen LogP contribution < -0.4 is 16.4 Å². The van der Waals surface area contributed by atoms with Crippen molar-refractivity contribution in [1.82, 2.24) is 0 Å². The van der Waals surface area contributed by atoms with E-state index in [9.17, 15) is 9.59 Å². The van der Waals surface area contributed by atoms with Crippen LogP contribution in [-0.4, -0.2) is 17.9 Å². The molecule has 2 amide bonds. The summed E-state index contributed by atoms with van der Waals surface area (Å²) in [6, 6.07) is 6.42. The first-order valence-electron chi connectivity index (χ1n) is 6.40. The summed E-state index contributed by atoms with van der Waals surface area (Å²) in [5.74, 6) is -0.165. The van der Waals surface area contributed by atoms with Crippen molar-refractivity contribution in [3.63, 3.8) is 0 Å². The number of amides is 2. The zero-order chi connectivity index (χ0) is 14.4. The fourth-order valence-corrected chi connectivity index (χ4v) is 1.41. The van der Waals surface area contributed by atoms with Crippen molar-refractivity contribution in [3.8, 4) is 0 Å². The first-order valence-corrected chi connectivity index (χ1v) is 6.40. The first kappa shape index (κ1) is 15.2. The Kier molecular flexibility index (Phi) is 5.51. The van der Waals surface area contributed by atoms with Crippen LogP contribution in [0.25, 0.3) is 0 Å². The van der Waals surface area contributed by atoms with Gasteiger partial charge in [-0.15, -0.1) is 0 Å². The molecule has 0 aliphatic carbocycles.